The quantitative estimate of drug-likeness (QED) is 0.665. The molecule has 1 amide bonds. The van der Waals surface area contributed by atoms with Crippen molar-refractivity contribution in [3.63, 3.8) is 0 Å². The van der Waals surface area contributed by atoms with Crippen molar-refractivity contribution in [1.82, 2.24) is 14.6 Å². The van der Waals surface area contributed by atoms with Crippen LogP contribution in [0.5, 0.6) is 0 Å². The monoisotopic (exact) mass is 476 g/mol. The molecule has 0 saturated carbocycles. The van der Waals surface area contributed by atoms with E-state index in [-0.39, 0.29) is 17.5 Å². The number of sulfonamides is 1. The predicted molar refractivity (Wildman–Crippen MR) is 119 cm³/mol. The van der Waals surface area contributed by atoms with Crippen molar-refractivity contribution < 1.29 is 17.9 Å². The van der Waals surface area contributed by atoms with Crippen LogP contribution in [-0.4, -0.2) is 56.1 Å². The number of aromatic amines is 1. The minimum atomic E-state index is -3.94. The van der Waals surface area contributed by atoms with Gasteiger partial charge in [-0.25, -0.2) is 13.1 Å². The number of carbonyl (C=O) groups excluding carboxylic acids is 1. The van der Waals surface area contributed by atoms with E-state index in [9.17, 15) is 13.2 Å². The fraction of sp³-hybridized carbons (Fsp3) is 0.455. The normalized spacial score (nSPS) is 22.4. The Hall–Kier alpha value is -2.38. The van der Waals surface area contributed by atoms with Gasteiger partial charge in [0, 0.05) is 30.4 Å². The summed E-state index contributed by atoms with van der Waals surface area (Å²) in [5.41, 5.74) is 0.365. The molecule has 1 atom stereocenters. The fourth-order valence-corrected chi connectivity index (χ4v) is 5.87. The van der Waals surface area contributed by atoms with Crippen molar-refractivity contribution >= 4 is 27.5 Å². The first kappa shape index (κ1) is 22.8. The Labute approximate surface area is 192 Å². The summed E-state index contributed by atoms with van der Waals surface area (Å²) in [6.45, 7) is 4.82. The summed E-state index contributed by atoms with van der Waals surface area (Å²) in [4.78, 5) is 17.2. The minimum absolute atomic E-state index is 0.0655. The van der Waals surface area contributed by atoms with Crippen LogP contribution in [0.1, 0.15) is 35.0 Å². The minimum Gasteiger partial charge on any atom is -0.379 e. The van der Waals surface area contributed by atoms with Gasteiger partial charge in [-0.1, -0.05) is 23.7 Å². The lowest BCUT2D eigenvalue weighted by Gasteiger charge is -2.43. The van der Waals surface area contributed by atoms with Crippen LogP contribution >= 0.6 is 11.6 Å². The van der Waals surface area contributed by atoms with Gasteiger partial charge in [0.25, 0.3) is 15.9 Å². The van der Waals surface area contributed by atoms with E-state index >= 15 is 0 Å². The lowest BCUT2D eigenvalue weighted by molar-refractivity contribution is 0.0368. The van der Waals surface area contributed by atoms with Crippen molar-refractivity contribution in [2.24, 2.45) is 5.41 Å². The Morgan fingerprint density at radius 1 is 1.34 bits per heavy atom. The molecule has 1 aromatic carbocycles. The van der Waals surface area contributed by atoms with Gasteiger partial charge in [-0.15, -0.1) is 0 Å². The molecule has 32 heavy (non-hydrogen) atoms. The van der Waals surface area contributed by atoms with E-state index in [0.717, 1.165) is 5.56 Å². The Morgan fingerprint density at radius 3 is 2.62 bits per heavy atom. The van der Waals surface area contributed by atoms with Gasteiger partial charge in [-0.05, 0) is 50.5 Å². The molecule has 1 unspecified atom stereocenters. The van der Waals surface area contributed by atoms with Gasteiger partial charge in [0.15, 0.2) is 0 Å². The zero-order valence-electron chi connectivity index (χ0n) is 17.9. The van der Waals surface area contributed by atoms with Crippen LogP contribution in [0, 0.1) is 23.7 Å². The van der Waals surface area contributed by atoms with Crippen LogP contribution in [0.3, 0.4) is 0 Å². The number of hydrogen-bond donors (Lipinski definition) is 2. The van der Waals surface area contributed by atoms with Gasteiger partial charge < -0.3 is 14.6 Å². The van der Waals surface area contributed by atoms with Crippen LogP contribution in [0.4, 0.5) is 0 Å². The summed E-state index contributed by atoms with van der Waals surface area (Å²) < 4.78 is 34.8. The van der Waals surface area contributed by atoms with E-state index in [1.54, 1.807) is 30.9 Å². The lowest BCUT2D eigenvalue weighted by Crippen LogP contribution is -2.56. The highest BCUT2D eigenvalue weighted by atomic mass is 35.5. The second-order valence-electron chi connectivity index (χ2n) is 9.00. The first-order chi connectivity index (χ1) is 15.0. The summed E-state index contributed by atoms with van der Waals surface area (Å²) >= 11 is 5.97. The largest absolute Gasteiger partial charge is 0.379 e. The summed E-state index contributed by atoms with van der Waals surface area (Å²) in [6, 6.07) is 10.9. The fourth-order valence-electron chi connectivity index (χ4n) is 4.27. The molecule has 1 aromatic heterocycles. The maximum Gasteiger partial charge on any atom is 0.256 e. The number of likely N-dealkylation sites (tertiary alicyclic amines) is 1. The number of nitrogens with zero attached hydrogens (tertiary/aromatic N) is 2. The molecule has 4 rings (SSSR count). The van der Waals surface area contributed by atoms with E-state index in [1.807, 2.05) is 12.1 Å². The number of ether oxygens (including phenoxy) is 1. The van der Waals surface area contributed by atoms with Gasteiger partial charge >= 0.3 is 0 Å². The zero-order chi connectivity index (χ0) is 23.1. The first-order valence-electron chi connectivity index (χ1n) is 10.3. The number of halogens is 1. The number of amides is 1. The molecule has 0 radical (unpaired) electrons. The van der Waals surface area contributed by atoms with Gasteiger partial charge in [0.2, 0.25) is 0 Å². The Balaban J connectivity index is 1.54. The zero-order valence-corrected chi connectivity index (χ0v) is 19.5. The number of benzene rings is 1. The number of nitrogens with one attached hydrogen (secondary N) is 2. The molecule has 10 heteroatoms. The van der Waals surface area contributed by atoms with Crippen LogP contribution in [0.2, 0.25) is 5.02 Å². The molecule has 170 valence electrons. The summed E-state index contributed by atoms with van der Waals surface area (Å²) in [5, 5.41) is 9.71. The molecule has 2 aliphatic rings. The highest BCUT2D eigenvalue weighted by Crippen LogP contribution is 2.32. The average molecular weight is 477 g/mol. The molecule has 2 aliphatic heterocycles. The highest BCUT2D eigenvalue weighted by molar-refractivity contribution is 7.89. The maximum absolute atomic E-state index is 13.2. The van der Waals surface area contributed by atoms with E-state index in [0.29, 0.717) is 48.8 Å². The molecule has 0 spiro atoms. The lowest BCUT2D eigenvalue weighted by atomic mass is 9.83. The average Bonchev–Trinajstić information content (AvgIpc) is 3.33. The molecule has 2 saturated heterocycles. The third-order valence-electron chi connectivity index (χ3n) is 6.06. The maximum atomic E-state index is 13.2. The number of carbonyl (C=O) groups is 1. The van der Waals surface area contributed by atoms with Gasteiger partial charge in [0.05, 0.1) is 29.2 Å². The molecule has 2 fully saturated rings. The molecule has 3 heterocycles. The smallest absolute Gasteiger partial charge is 0.256 e. The van der Waals surface area contributed by atoms with E-state index in [1.165, 1.54) is 6.07 Å². The molecular weight excluding hydrogens is 452 g/mol. The summed E-state index contributed by atoms with van der Waals surface area (Å²) in [7, 11) is -3.94. The number of H-pyrrole nitrogens is 1. The summed E-state index contributed by atoms with van der Waals surface area (Å²) in [6.07, 6.45) is 0.982. The number of hydrogen-bond acceptors (Lipinski definition) is 5. The molecule has 2 N–H and O–H groups in total. The van der Waals surface area contributed by atoms with Crippen LogP contribution < -0.4 is 4.72 Å². The second-order valence-corrected chi connectivity index (χ2v) is 11.1. The Morgan fingerprint density at radius 2 is 2.03 bits per heavy atom. The van der Waals surface area contributed by atoms with E-state index in [4.69, 9.17) is 21.6 Å². The SMILES string of the molecule is Cc1[nH]c(S(=O)(=O)NC2(Cc3ccc(Cl)cc3)CCOC2)cc1C(=O)N1CC(C)(C#N)C1. The van der Waals surface area contributed by atoms with Gasteiger partial charge in [-0.3, -0.25) is 4.79 Å². The number of aromatic nitrogens is 1. The van der Waals surface area contributed by atoms with Gasteiger partial charge in [0.1, 0.15) is 5.03 Å². The van der Waals surface area contributed by atoms with Gasteiger partial charge in [-0.2, -0.15) is 5.26 Å². The summed E-state index contributed by atoms with van der Waals surface area (Å²) in [5.74, 6) is -0.284. The Kier molecular flexibility index (Phi) is 5.84. The van der Waals surface area contributed by atoms with Crippen LogP contribution in [0.25, 0.3) is 0 Å². The second kappa shape index (κ2) is 8.19. The van der Waals surface area contributed by atoms with Crippen molar-refractivity contribution in [2.75, 3.05) is 26.3 Å². The predicted octanol–water partition coefficient (Wildman–Crippen LogP) is 2.64. The van der Waals surface area contributed by atoms with E-state index in [2.05, 4.69) is 15.8 Å². The van der Waals surface area contributed by atoms with Crippen molar-refractivity contribution in [2.45, 2.75) is 37.3 Å². The van der Waals surface area contributed by atoms with Crippen LogP contribution in [0.15, 0.2) is 35.4 Å². The molecular formula is C22H25ClN4O4S. The topological polar surface area (TPSA) is 115 Å². The Bertz CT molecular complexity index is 1170. The molecule has 2 aromatic rings. The van der Waals surface area contributed by atoms with Crippen molar-refractivity contribution in [3.05, 3.63) is 52.2 Å². The third-order valence-corrected chi connectivity index (χ3v) is 7.81. The number of aryl methyl sites for hydroxylation is 1. The number of nitriles is 1. The highest BCUT2D eigenvalue weighted by Gasteiger charge is 2.43. The van der Waals surface area contributed by atoms with E-state index < -0.39 is 21.0 Å². The van der Waals surface area contributed by atoms with Crippen LogP contribution in [-0.2, 0) is 21.2 Å². The molecule has 8 nitrogen and oxygen atoms in total. The van der Waals surface area contributed by atoms with Crippen molar-refractivity contribution in [3.8, 4) is 6.07 Å². The first-order valence-corrected chi connectivity index (χ1v) is 12.2. The molecule has 0 bridgehead atoms. The number of rotatable bonds is 6. The standard InChI is InChI=1S/C22H25ClN4O4S/c1-15-18(20(28)27-12-21(2,11-24)13-27)9-19(25-15)32(29,30)26-22(7-8-31-14-22)10-16-3-5-17(23)6-4-16/h3-6,9,25-26H,7-8,10,12-14H2,1-2H3. The van der Waals surface area contributed by atoms with Crippen molar-refractivity contribution in [1.29, 1.82) is 5.26 Å². The molecule has 0 aliphatic carbocycles. The third kappa shape index (κ3) is 4.41.